The molecule has 0 atom stereocenters. The van der Waals surface area contributed by atoms with E-state index in [1.165, 1.54) is 0 Å². The highest BCUT2D eigenvalue weighted by Crippen LogP contribution is 2.41. The third-order valence-corrected chi connectivity index (χ3v) is 9.44. The van der Waals surface area contributed by atoms with Gasteiger partial charge < -0.3 is 4.90 Å². The second-order valence-electron chi connectivity index (χ2n) is 11.2. The minimum Gasteiger partial charge on any atom is -0.310 e. The van der Waals surface area contributed by atoms with Crippen LogP contribution in [-0.2, 0) is 0 Å². The van der Waals surface area contributed by atoms with Crippen LogP contribution in [0, 0.1) is 0 Å². The van der Waals surface area contributed by atoms with E-state index in [4.69, 9.17) is 2.74 Å². The third kappa shape index (κ3) is 5.13. The maximum atomic E-state index is 9.77. The van der Waals surface area contributed by atoms with Crippen LogP contribution in [0.4, 0.5) is 17.1 Å². The lowest BCUT2D eigenvalue weighted by atomic mass is 9.98. The monoisotopic (exact) mass is 641 g/mol. The molecular weight excluding hydrogens is 599 g/mol. The Hall–Kier alpha value is -5.96. The van der Waals surface area contributed by atoms with Gasteiger partial charge in [0.2, 0.25) is 0 Å². The molecule has 0 aliphatic rings. The number of anilines is 3. The standard InChI is InChI=1S/C46H31NS/c1-2-10-32(11-3-1)33-20-25-38(26-21-33)47(39-27-22-35(23-28-39)42-18-9-13-34-12-4-5-16-41(34)42)40-15-8-14-36(30-40)37-24-29-46-44(31-37)43-17-6-7-19-45(43)48-46/h1-31H/i8D,14D,15D,20D,21D,22D,23D,25D,26D,27D,28D,30D. The van der Waals surface area contributed by atoms with Crippen molar-refractivity contribution in [1.29, 1.82) is 0 Å². The molecule has 0 saturated carbocycles. The molecule has 226 valence electrons. The summed E-state index contributed by atoms with van der Waals surface area (Å²) in [7, 11) is 0. The normalized spacial score (nSPS) is 14.8. The van der Waals surface area contributed by atoms with Crippen LogP contribution in [0.1, 0.15) is 16.4 Å². The lowest BCUT2D eigenvalue weighted by molar-refractivity contribution is 1.28. The molecule has 0 N–H and O–H groups in total. The summed E-state index contributed by atoms with van der Waals surface area (Å²) in [6.45, 7) is 0. The van der Waals surface area contributed by atoms with Gasteiger partial charge in [-0.15, -0.1) is 11.3 Å². The van der Waals surface area contributed by atoms with E-state index in [-0.39, 0.29) is 16.7 Å². The summed E-state index contributed by atoms with van der Waals surface area (Å²) in [6.07, 6.45) is 0. The van der Waals surface area contributed by atoms with E-state index >= 15 is 0 Å². The number of thiophene rings is 1. The van der Waals surface area contributed by atoms with Crippen molar-refractivity contribution in [2.75, 3.05) is 4.90 Å². The van der Waals surface area contributed by atoms with Crippen molar-refractivity contribution in [3.05, 3.63) is 188 Å². The number of hydrogen-bond donors (Lipinski definition) is 0. The third-order valence-electron chi connectivity index (χ3n) is 8.29. The van der Waals surface area contributed by atoms with Crippen LogP contribution in [0.15, 0.2) is 188 Å². The lowest BCUT2D eigenvalue weighted by Gasteiger charge is -2.26. The predicted molar refractivity (Wildman–Crippen MR) is 208 cm³/mol. The van der Waals surface area contributed by atoms with E-state index in [0.717, 1.165) is 30.5 Å². The summed E-state index contributed by atoms with van der Waals surface area (Å²) in [5.74, 6) is 0. The van der Waals surface area contributed by atoms with E-state index in [1.54, 1.807) is 72.0 Å². The molecule has 1 aromatic heterocycles. The van der Waals surface area contributed by atoms with Gasteiger partial charge in [-0.05, 0) is 98.6 Å². The summed E-state index contributed by atoms with van der Waals surface area (Å²) in [5, 5.41) is 3.26. The molecule has 0 amide bonds. The Bertz CT molecular complexity index is 3190. The number of rotatable bonds is 6. The van der Waals surface area contributed by atoms with Gasteiger partial charge in [0.15, 0.2) is 0 Å². The molecule has 9 rings (SSSR count). The molecule has 8 aromatic carbocycles. The van der Waals surface area contributed by atoms with Crippen molar-refractivity contribution >= 4 is 59.3 Å². The van der Waals surface area contributed by atoms with Gasteiger partial charge in [-0.2, -0.15) is 0 Å². The summed E-state index contributed by atoms with van der Waals surface area (Å²) in [5.41, 5.74) is -0.560. The molecule has 9 aromatic rings. The molecular formula is C46H31NS. The van der Waals surface area contributed by atoms with Crippen LogP contribution in [0.5, 0.6) is 0 Å². The lowest BCUT2D eigenvalue weighted by Crippen LogP contribution is -2.10. The van der Waals surface area contributed by atoms with Crippen LogP contribution >= 0.6 is 11.3 Å². The smallest absolute Gasteiger partial charge is 0.0651 e. The van der Waals surface area contributed by atoms with Crippen molar-refractivity contribution in [2.24, 2.45) is 0 Å². The van der Waals surface area contributed by atoms with Gasteiger partial charge in [-0.1, -0.05) is 133 Å². The molecule has 2 heteroatoms. The average Bonchev–Trinajstić information content (AvgIpc) is 3.63. The first-order valence-corrected chi connectivity index (χ1v) is 16.2. The van der Waals surface area contributed by atoms with Gasteiger partial charge in [0.1, 0.15) is 0 Å². The van der Waals surface area contributed by atoms with Gasteiger partial charge in [0.05, 0.1) is 16.4 Å². The van der Waals surface area contributed by atoms with E-state index in [9.17, 15) is 13.7 Å². The van der Waals surface area contributed by atoms with Crippen LogP contribution in [0.2, 0.25) is 0 Å². The summed E-state index contributed by atoms with van der Waals surface area (Å²) >= 11 is 1.57. The quantitative estimate of drug-likeness (QED) is 0.175. The maximum absolute atomic E-state index is 9.77. The van der Waals surface area contributed by atoms with Crippen LogP contribution < -0.4 is 4.90 Å². The molecule has 0 spiro atoms. The Labute approximate surface area is 301 Å². The summed E-state index contributed by atoms with van der Waals surface area (Å²) < 4.78 is 114. The summed E-state index contributed by atoms with van der Waals surface area (Å²) in [4.78, 5) is 0.896. The van der Waals surface area contributed by atoms with Crippen molar-refractivity contribution in [3.8, 4) is 33.4 Å². The zero-order valence-corrected chi connectivity index (χ0v) is 26.1. The second kappa shape index (κ2) is 12.0. The molecule has 48 heavy (non-hydrogen) atoms. The molecule has 1 heterocycles. The topological polar surface area (TPSA) is 3.24 Å². The number of benzene rings is 8. The fraction of sp³-hybridized carbons (Fsp3) is 0. The first-order valence-electron chi connectivity index (χ1n) is 21.4. The highest BCUT2D eigenvalue weighted by Gasteiger charge is 2.15. The first-order chi connectivity index (χ1) is 28.8. The fourth-order valence-corrected chi connectivity index (χ4v) is 7.06. The van der Waals surface area contributed by atoms with E-state index in [2.05, 4.69) is 0 Å². The Morgan fingerprint density at radius 2 is 1.08 bits per heavy atom. The van der Waals surface area contributed by atoms with Crippen LogP contribution in [0.25, 0.3) is 64.3 Å². The van der Waals surface area contributed by atoms with Gasteiger partial charge in [0, 0.05) is 37.2 Å². The Balaban J connectivity index is 1.39. The van der Waals surface area contributed by atoms with Gasteiger partial charge in [0.25, 0.3) is 0 Å². The Kier molecular flexibility index (Phi) is 4.60. The van der Waals surface area contributed by atoms with E-state index in [0.29, 0.717) is 22.1 Å². The predicted octanol–water partition coefficient (Wildman–Crippen LogP) is 13.7. The largest absolute Gasteiger partial charge is 0.310 e. The van der Waals surface area contributed by atoms with Crippen molar-refractivity contribution in [3.63, 3.8) is 0 Å². The van der Waals surface area contributed by atoms with Crippen molar-refractivity contribution in [1.82, 2.24) is 0 Å². The fourth-order valence-electron chi connectivity index (χ4n) is 5.97. The Morgan fingerprint density at radius 1 is 0.417 bits per heavy atom. The second-order valence-corrected chi connectivity index (χ2v) is 12.3. The van der Waals surface area contributed by atoms with Crippen molar-refractivity contribution < 1.29 is 16.4 Å². The minimum atomic E-state index is -0.713. The van der Waals surface area contributed by atoms with Gasteiger partial charge in [-0.25, -0.2) is 0 Å². The molecule has 0 bridgehead atoms. The minimum absolute atomic E-state index is 0.0265. The number of fused-ring (bicyclic) bond motifs is 4. The first kappa shape index (κ1) is 18.4. The molecule has 0 aliphatic carbocycles. The molecule has 0 fully saturated rings. The molecule has 1 nitrogen and oxygen atoms in total. The average molecular weight is 642 g/mol. The highest BCUT2D eigenvalue weighted by atomic mass is 32.1. The highest BCUT2D eigenvalue weighted by molar-refractivity contribution is 7.25. The zero-order valence-electron chi connectivity index (χ0n) is 37.3. The number of nitrogens with zero attached hydrogens (tertiary/aromatic N) is 1. The zero-order chi connectivity index (χ0) is 42.3. The van der Waals surface area contributed by atoms with Gasteiger partial charge >= 0.3 is 0 Å². The molecule has 0 saturated heterocycles. The Morgan fingerprint density at radius 3 is 1.90 bits per heavy atom. The van der Waals surface area contributed by atoms with Gasteiger partial charge in [-0.3, -0.25) is 0 Å². The van der Waals surface area contributed by atoms with Crippen LogP contribution in [-0.4, -0.2) is 0 Å². The summed E-state index contributed by atoms with van der Waals surface area (Å²) in [6, 6.07) is 27.4. The van der Waals surface area contributed by atoms with Crippen molar-refractivity contribution in [2.45, 2.75) is 0 Å². The molecule has 0 radical (unpaired) electrons. The molecule has 0 unspecified atom stereocenters. The van der Waals surface area contributed by atoms with E-state index in [1.807, 2.05) is 54.6 Å². The maximum Gasteiger partial charge on any atom is 0.0651 e. The molecule has 0 aliphatic heterocycles. The number of hydrogen-bond acceptors (Lipinski definition) is 2. The SMILES string of the molecule is [2H]c1c([2H])c(-c2ccc3sc4ccccc4c3c2)c([2H])c(N(c2c([2H])c([2H])c(-c3ccccc3)c([2H])c2[2H])c2c([2H])c([2H])c(-c3cccc4ccccc34)c([2H])c2[2H])c1[2H]. The van der Waals surface area contributed by atoms with Crippen LogP contribution in [0.3, 0.4) is 0 Å². The van der Waals surface area contributed by atoms with E-state index < -0.39 is 89.6 Å².